The van der Waals surface area contributed by atoms with Gasteiger partial charge in [0.2, 0.25) is 5.82 Å². The maximum Gasteiger partial charge on any atom is 0.223 e. The van der Waals surface area contributed by atoms with Crippen LogP contribution in [0.5, 0.6) is 0 Å². The zero-order valence-electron chi connectivity index (χ0n) is 9.10. The molecule has 88 valence electrons. The fourth-order valence-corrected chi connectivity index (χ4v) is 1.52. The fraction of sp³-hybridized carbons (Fsp3) is 0. The standard InChI is InChI=1S/C11H7ClN6/c12-10-5-4-8(7-14-10)18-16-11(15-17-18)9-3-1-2-6-13-9/h1-7H. The Labute approximate surface area is 107 Å². The van der Waals surface area contributed by atoms with Crippen molar-refractivity contribution < 1.29 is 0 Å². The van der Waals surface area contributed by atoms with Crippen molar-refractivity contribution in [1.29, 1.82) is 0 Å². The largest absolute Gasteiger partial charge is 0.253 e. The molecule has 0 N–H and O–H groups in total. The summed E-state index contributed by atoms with van der Waals surface area (Å²) in [4.78, 5) is 9.50. The van der Waals surface area contributed by atoms with Gasteiger partial charge >= 0.3 is 0 Å². The van der Waals surface area contributed by atoms with Crippen LogP contribution in [0.3, 0.4) is 0 Å². The molecular weight excluding hydrogens is 252 g/mol. The first-order valence-corrected chi connectivity index (χ1v) is 5.54. The zero-order chi connectivity index (χ0) is 12.4. The molecule has 0 fully saturated rings. The van der Waals surface area contributed by atoms with Gasteiger partial charge in [-0.1, -0.05) is 17.7 Å². The van der Waals surface area contributed by atoms with Crippen LogP contribution in [-0.2, 0) is 0 Å². The van der Waals surface area contributed by atoms with Gasteiger partial charge in [-0.2, -0.15) is 0 Å². The van der Waals surface area contributed by atoms with Crippen molar-refractivity contribution in [2.24, 2.45) is 0 Å². The Morgan fingerprint density at radius 3 is 2.72 bits per heavy atom. The Kier molecular flexibility index (Phi) is 2.70. The minimum atomic E-state index is 0.420. The molecule has 0 aliphatic heterocycles. The number of tetrazole rings is 1. The van der Waals surface area contributed by atoms with Crippen LogP contribution in [0.25, 0.3) is 17.2 Å². The van der Waals surface area contributed by atoms with E-state index in [1.165, 1.54) is 4.80 Å². The third kappa shape index (κ3) is 2.05. The first-order chi connectivity index (χ1) is 8.83. The second-order valence-electron chi connectivity index (χ2n) is 3.46. The molecule has 0 aliphatic rings. The SMILES string of the molecule is Clc1ccc(-n2nnc(-c3ccccn3)n2)cn1. The van der Waals surface area contributed by atoms with Gasteiger partial charge in [-0.05, 0) is 29.5 Å². The van der Waals surface area contributed by atoms with Gasteiger partial charge < -0.3 is 0 Å². The fourth-order valence-electron chi connectivity index (χ4n) is 1.41. The Balaban J connectivity index is 1.97. The predicted molar refractivity (Wildman–Crippen MR) is 65.2 cm³/mol. The van der Waals surface area contributed by atoms with Crippen molar-refractivity contribution in [3.8, 4) is 17.2 Å². The molecule has 0 atom stereocenters. The van der Waals surface area contributed by atoms with E-state index in [2.05, 4.69) is 25.4 Å². The van der Waals surface area contributed by atoms with Crippen LogP contribution in [0, 0.1) is 0 Å². The molecule has 0 aliphatic carbocycles. The minimum Gasteiger partial charge on any atom is -0.253 e. The number of rotatable bonds is 2. The molecule has 0 bridgehead atoms. The van der Waals surface area contributed by atoms with Crippen LogP contribution < -0.4 is 0 Å². The number of aromatic nitrogens is 6. The summed E-state index contributed by atoms with van der Waals surface area (Å²) in [5.41, 5.74) is 1.36. The molecular formula is C11H7ClN6. The molecule has 3 heterocycles. The molecule has 18 heavy (non-hydrogen) atoms. The summed E-state index contributed by atoms with van der Waals surface area (Å²) >= 11 is 5.71. The molecule has 6 nitrogen and oxygen atoms in total. The van der Waals surface area contributed by atoms with E-state index in [1.54, 1.807) is 24.5 Å². The predicted octanol–water partition coefficient (Wildman–Crippen LogP) is 1.77. The Bertz CT molecular complexity index is 649. The van der Waals surface area contributed by atoms with Crippen LogP contribution in [-0.4, -0.2) is 30.2 Å². The van der Waals surface area contributed by atoms with Crippen LogP contribution in [0.4, 0.5) is 0 Å². The average Bonchev–Trinajstić information content (AvgIpc) is 2.90. The summed E-state index contributed by atoms with van der Waals surface area (Å²) in [6, 6.07) is 8.95. The highest BCUT2D eigenvalue weighted by Crippen LogP contribution is 2.11. The lowest BCUT2D eigenvalue weighted by atomic mass is 10.3. The third-order valence-electron chi connectivity index (χ3n) is 2.25. The first-order valence-electron chi connectivity index (χ1n) is 5.16. The lowest BCUT2D eigenvalue weighted by molar-refractivity contribution is 0.717. The smallest absolute Gasteiger partial charge is 0.223 e. The van der Waals surface area contributed by atoms with E-state index in [-0.39, 0.29) is 0 Å². The van der Waals surface area contributed by atoms with Crippen molar-refractivity contribution in [2.75, 3.05) is 0 Å². The highest BCUT2D eigenvalue weighted by Gasteiger charge is 2.07. The van der Waals surface area contributed by atoms with Gasteiger partial charge in [0.1, 0.15) is 16.5 Å². The highest BCUT2D eigenvalue weighted by atomic mass is 35.5. The van der Waals surface area contributed by atoms with Gasteiger partial charge in [0.15, 0.2) is 0 Å². The normalized spacial score (nSPS) is 10.5. The topological polar surface area (TPSA) is 69.4 Å². The number of hydrogen-bond acceptors (Lipinski definition) is 5. The van der Waals surface area contributed by atoms with Crippen LogP contribution in [0.15, 0.2) is 42.7 Å². The first kappa shape index (κ1) is 10.8. The number of pyridine rings is 2. The second-order valence-corrected chi connectivity index (χ2v) is 3.84. The van der Waals surface area contributed by atoms with Crippen LogP contribution in [0.2, 0.25) is 5.15 Å². The zero-order valence-corrected chi connectivity index (χ0v) is 9.86. The van der Waals surface area contributed by atoms with Gasteiger partial charge in [-0.15, -0.1) is 15.0 Å². The molecule has 3 rings (SSSR count). The Hall–Kier alpha value is -2.34. The second kappa shape index (κ2) is 4.50. The van der Waals surface area contributed by atoms with E-state index in [0.717, 1.165) is 0 Å². The van der Waals surface area contributed by atoms with Gasteiger partial charge in [-0.25, -0.2) is 4.98 Å². The van der Waals surface area contributed by atoms with Gasteiger partial charge in [-0.3, -0.25) is 4.98 Å². The molecule has 0 spiro atoms. The van der Waals surface area contributed by atoms with Crippen molar-refractivity contribution in [2.45, 2.75) is 0 Å². The Morgan fingerprint density at radius 2 is 2.00 bits per heavy atom. The van der Waals surface area contributed by atoms with E-state index in [4.69, 9.17) is 11.6 Å². The van der Waals surface area contributed by atoms with Gasteiger partial charge in [0, 0.05) is 6.20 Å². The highest BCUT2D eigenvalue weighted by molar-refractivity contribution is 6.29. The summed E-state index contributed by atoms with van der Waals surface area (Å²) in [7, 11) is 0. The summed E-state index contributed by atoms with van der Waals surface area (Å²) in [5, 5.41) is 12.5. The monoisotopic (exact) mass is 258 g/mol. The molecule has 0 amide bonds. The molecule has 0 radical (unpaired) electrons. The number of halogens is 1. The number of hydrogen-bond donors (Lipinski definition) is 0. The maximum absolute atomic E-state index is 5.71. The van der Waals surface area contributed by atoms with Crippen molar-refractivity contribution >= 4 is 11.6 Å². The van der Waals surface area contributed by atoms with Crippen LogP contribution in [0.1, 0.15) is 0 Å². The molecule has 7 heteroatoms. The Morgan fingerprint density at radius 1 is 1.06 bits per heavy atom. The summed E-state index contributed by atoms with van der Waals surface area (Å²) in [5.74, 6) is 0.463. The molecule has 3 aromatic heterocycles. The lowest BCUT2D eigenvalue weighted by Crippen LogP contribution is -1.99. The minimum absolute atomic E-state index is 0.420. The van der Waals surface area contributed by atoms with E-state index in [9.17, 15) is 0 Å². The molecule has 3 aromatic rings. The quantitative estimate of drug-likeness (QED) is 0.655. The maximum atomic E-state index is 5.71. The van der Waals surface area contributed by atoms with Crippen molar-refractivity contribution in [3.05, 3.63) is 47.9 Å². The van der Waals surface area contributed by atoms with E-state index in [1.807, 2.05) is 18.2 Å². The molecule has 0 aromatic carbocycles. The van der Waals surface area contributed by atoms with Crippen molar-refractivity contribution in [3.63, 3.8) is 0 Å². The lowest BCUT2D eigenvalue weighted by Gasteiger charge is -1.96. The summed E-state index contributed by atoms with van der Waals surface area (Å²) < 4.78 is 0. The molecule has 0 unspecified atom stereocenters. The third-order valence-corrected chi connectivity index (χ3v) is 2.47. The van der Waals surface area contributed by atoms with Crippen molar-refractivity contribution in [1.82, 2.24) is 30.2 Å². The van der Waals surface area contributed by atoms with E-state index >= 15 is 0 Å². The molecule has 0 saturated heterocycles. The molecule has 0 saturated carbocycles. The van der Waals surface area contributed by atoms with E-state index in [0.29, 0.717) is 22.4 Å². The average molecular weight is 259 g/mol. The van der Waals surface area contributed by atoms with Gasteiger partial charge in [0.05, 0.1) is 6.20 Å². The van der Waals surface area contributed by atoms with Crippen LogP contribution >= 0.6 is 11.6 Å². The summed E-state index contributed by atoms with van der Waals surface area (Å²) in [6.45, 7) is 0. The summed E-state index contributed by atoms with van der Waals surface area (Å²) in [6.07, 6.45) is 3.26. The van der Waals surface area contributed by atoms with E-state index < -0.39 is 0 Å². The van der Waals surface area contributed by atoms with Gasteiger partial charge in [0.25, 0.3) is 0 Å². The number of nitrogens with zero attached hydrogens (tertiary/aromatic N) is 6.